The van der Waals surface area contributed by atoms with Gasteiger partial charge in [-0.2, -0.15) is 0 Å². The van der Waals surface area contributed by atoms with Gasteiger partial charge in [-0.15, -0.1) is 0 Å². The van der Waals surface area contributed by atoms with Gasteiger partial charge in [-0.05, 0) is 0 Å². The SMILES string of the molecule is O=C(O)OC1CCOOC1. The minimum absolute atomic E-state index is 0.187. The van der Waals surface area contributed by atoms with Gasteiger partial charge in [-0.25, -0.2) is 14.6 Å². The van der Waals surface area contributed by atoms with Crippen LogP contribution in [0.3, 0.4) is 0 Å². The molecule has 1 fully saturated rings. The number of carboxylic acid groups (broad SMARTS) is 1. The molecule has 1 saturated heterocycles. The molecule has 1 rings (SSSR count). The molecule has 1 aliphatic rings. The highest BCUT2D eigenvalue weighted by Gasteiger charge is 2.18. The summed E-state index contributed by atoms with van der Waals surface area (Å²) < 4.78 is 4.40. The first-order chi connectivity index (χ1) is 4.79. The molecule has 0 bridgehead atoms. The highest BCUT2D eigenvalue weighted by atomic mass is 17.2. The van der Waals surface area contributed by atoms with E-state index in [1.54, 1.807) is 0 Å². The first kappa shape index (κ1) is 7.30. The van der Waals surface area contributed by atoms with E-state index in [4.69, 9.17) is 5.11 Å². The van der Waals surface area contributed by atoms with Crippen LogP contribution >= 0.6 is 0 Å². The van der Waals surface area contributed by atoms with Crippen LogP contribution in [0.25, 0.3) is 0 Å². The van der Waals surface area contributed by atoms with Gasteiger partial charge < -0.3 is 9.84 Å². The van der Waals surface area contributed by atoms with Crippen LogP contribution in [0.1, 0.15) is 6.42 Å². The van der Waals surface area contributed by atoms with Crippen molar-refractivity contribution in [1.82, 2.24) is 0 Å². The van der Waals surface area contributed by atoms with Crippen molar-refractivity contribution in [3.05, 3.63) is 0 Å². The first-order valence-corrected chi connectivity index (χ1v) is 2.93. The van der Waals surface area contributed by atoms with Crippen molar-refractivity contribution in [2.45, 2.75) is 12.5 Å². The summed E-state index contributed by atoms with van der Waals surface area (Å²) in [5.41, 5.74) is 0. The molecule has 0 radical (unpaired) electrons. The van der Waals surface area contributed by atoms with Crippen molar-refractivity contribution >= 4 is 6.16 Å². The van der Waals surface area contributed by atoms with Crippen LogP contribution < -0.4 is 0 Å². The molecule has 0 aromatic rings. The van der Waals surface area contributed by atoms with Gasteiger partial charge in [0.05, 0.1) is 6.61 Å². The van der Waals surface area contributed by atoms with E-state index in [2.05, 4.69) is 14.5 Å². The third-order valence-corrected chi connectivity index (χ3v) is 1.13. The lowest BCUT2D eigenvalue weighted by molar-refractivity contribution is -0.330. The molecule has 0 amide bonds. The van der Waals surface area contributed by atoms with Gasteiger partial charge >= 0.3 is 6.16 Å². The zero-order valence-corrected chi connectivity index (χ0v) is 5.28. The van der Waals surface area contributed by atoms with E-state index in [1.165, 1.54) is 0 Å². The van der Waals surface area contributed by atoms with Crippen molar-refractivity contribution in [1.29, 1.82) is 0 Å². The Bertz CT molecular complexity index is 117. The predicted molar refractivity (Wildman–Crippen MR) is 29.4 cm³/mol. The smallest absolute Gasteiger partial charge is 0.450 e. The minimum atomic E-state index is -1.27. The largest absolute Gasteiger partial charge is 0.506 e. The van der Waals surface area contributed by atoms with E-state index in [9.17, 15) is 4.79 Å². The molecule has 5 nitrogen and oxygen atoms in total. The van der Waals surface area contributed by atoms with Gasteiger partial charge in [-0.1, -0.05) is 0 Å². The summed E-state index contributed by atoms with van der Waals surface area (Å²) in [7, 11) is 0. The molecule has 1 atom stereocenters. The Morgan fingerprint density at radius 2 is 2.40 bits per heavy atom. The van der Waals surface area contributed by atoms with E-state index in [-0.39, 0.29) is 12.7 Å². The molecule has 0 spiro atoms. The van der Waals surface area contributed by atoms with Crippen LogP contribution in [0.4, 0.5) is 4.79 Å². The average molecular weight is 148 g/mol. The lowest BCUT2D eigenvalue weighted by Gasteiger charge is -2.19. The maximum absolute atomic E-state index is 9.95. The third-order valence-electron chi connectivity index (χ3n) is 1.13. The van der Waals surface area contributed by atoms with E-state index >= 15 is 0 Å². The molecule has 1 N–H and O–H groups in total. The Morgan fingerprint density at radius 3 is 2.90 bits per heavy atom. The summed E-state index contributed by atoms with van der Waals surface area (Å²) in [6, 6.07) is 0. The summed E-state index contributed by atoms with van der Waals surface area (Å²) in [5, 5.41) is 8.15. The number of carbonyl (C=O) groups is 1. The highest BCUT2D eigenvalue weighted by Crippen LogP contribution is 2.06. The van der Waals surface area contributed by atoms with Gasteiger partial charge in [0.25, 0.3) is 0 Å². The Kier molecular flexibility index (Phi) is 2.47. The molecule has 58 valence electrons. The molecule has 0 aromatic heterocycles. The Balaban J connectivity index is 2.19. The van der Waals surface area contributed by atoms with Crippen molar-refractivity contribution in [2.75, 3.05) is 13.2 Å². The molecule has 0 saturated carbocycles. The zero-order chi connectivity index (χ0) is 7.40. The fraction of sp³-hybridized carbons (Fsp3) is 0.800. The van der Waals surface area contributed by atoms with Crippen molar-refractivity contribution in [3.63, 3.8) is 0 Å². The first-order valence-electron chi connectivity index (χ1n) is 2.93. The van der Waals surface area contributed by atoms with Crippen LogP contribution in [0.15, 0.2) is 0 Å². The van der Waals surface area contributed by atoms with Crippen molar-refractivity contribution in [2.24, 2.45) is 0 Å². The number of hydrogen-bond acceptors (Lipinski definition) is 4. The summed E-state index contributed by atoms with van der Waals surface area (Å²) in [5.74, 6) is 0. The standard InChI is InChI=1S/C5H8O5/c6-5(7)10-4-1-2-8-9-3-4/h4H,1-3H2,(H,6,7). The van der Waals surface area contributed by atoms with Crippen molar-refractivity contribution < 1.29 is 24.4 Å². The van der Waals surface area contributed by atoms with Crippen molar-refractivity contribution in [3.8, 4) is 0 Å². The second-order valence-corrected chi connectivity index (χ2v) is 1.90. The summed E-state index contributed by atoms with van der Waals surface area (Å²) >= 11 is 0. The second kappa shape index (κ2) is 3.38. The van der Waals surface area contributed by atoms with Gasteiger partial charge in [0, 0.05) is 6.42 Å². The molecule has 5 heteroatoms. The van der Waals surface area contributed by atoms with Crippen LogP contribution in [0, 0.1) is 0 Å². The maximum atomic E-state index is 9.95. The quantitative estimate of drug-likeness (QED) is 0.430. The molecule has 1 unspecified atom stereocenters. The average Bonchev–Trinajstić information content (AvgIpc) is 1.88. The van der Waals surface area contributed by atoms with Gasteiger partial charge in [0.15, 0.2) is 0 Å². The number of hydrogen-bond donors (Lipinski definition) is 1. The van der Waals surface area contributed by atoms with Crippen LogP contribution in [-0.4, -0.2) is 30.6 Å². The summed E-state index contributed by atoms with van der Waals surface area (Å²) in [6.45, 7) is 0.574. The molecule has 1 aliphatic heterocycles. The molecular weight excluding hydrogens is 140 g/mol. The molecule has 1 heterocycles. The monoisotopic (exact) mass is 148 g/mol. The van der Waals surface area contributed by atoms with Gasteiger partial charge in [0.1, 0.15) is 12.7 Å². The van der Waals surface area contributed by atoms with E-state index < -0.39 is 6.16 Å². The summed E-state index contributed by atoms with van der Waals surface area (Å²) in [4.78, 5) is 19.0. The third kappa shape index (κ3) is 2.20. The topological polar surface area (TPSA) is 65.0 Å². The molecule has 0 aliphatic carbocycles. The lowest BCUT2D eigenvalue weighted by Crippen LogP contribution is -2.28. The Morgan fingerprint density at radius 1 is 1.60 bits per heavy atom. The van der Waals surface area contributed by atoms with Gasteiger partial charge in [0.2, 0.25) is 0 Å². The predicted octanol–water partition coefficient (Wildman–Crippen LogP) is 0.401. The van der Waals surface area contributed by atoms with E-state index in [1.807, 2.05) is 0 Å². The fourth-order valence-corrected chi connectivity index (χ4v) is 0.681. The number of rotatable bonds is 1. The Labute approximate surface area is 57.4 Å². The van der Waals surface area contributed by atoms with Crippen LogP contribution in [-0.2, 0) is 14.5 Å². The maximum Gasteiger partial charge on any atom is 0.506 e. The number of ether oxygens (including phenoxy) is 1. The normalized spacial score (nSPS) is 25.8. The summed E-state index contributed by atoms with van der Waals surface area (Å²) in [6.07, 6.45) is -1.08. The molecule has 0 aromatic carbocycles. The second-order valence-electron chi connectivity index (χ2n) is 1.90. The Hall–Kier alpha value is -0.810. The zero-order valence-electron chi connectivity index (χ0n) is 5.28. The lowest BCUT2D eigenvalue weighted by atomic mass is 10.3. The van der Waals surface area contributed by atoms with Crippen LogP contribution in [0.2, 0.25) is 0 Å². The molecular formula is C5H8O5. The highest BCUT2D eigenvalue weighted by molar-refractivity contribution is 5.57. The molecule has 10 heavy (non-hydrogen) atoms. The van der Waals surface area contributed by atoms with E-state index in [0.717, 1.165) is 0 Å². The fourth-order valence-electron chi connectivity index (χ4n) is 0.681. The van der Waals surface area contributed by atoms with Gasteiger partial charge in [-0.3, -0.25) is 0 Å². The van der Waals surface area contributed by atoms with E-state index in [0.29, 0.717) is 13.0 Å². The minimum Gasteiger partial charge on any atom is -0.450 e. The van der Waals surface area contributed by atoms with Crippen LogP contribution in [0.5, 0.6) is 0 Å².